The van der Waals surface area contributed by atoms with Gasteiger partial charge in [-0.25, -0.2) is 0 Å². The van der Waals surface area contributed by atoms with E-state index < -0.39 is 0 Å². The Balaban J connectivity index is 1.26. The molecule has 0 atom stereocenters. The van der Waals surface area contributed by atoms with Crippen molar-refractivity contribution in [1.29, 1.82) is 0 Å². The van der Waals surface area contributed by atoms with Crippen LogP contribution in [0.3, 0.4) is 0 Å². The zero-order chi connectivity index (χ0) is 31.3. The van der Waals surface area contributed by atoms with E-state index in [-0.39, 0.29) is 0 Å². The van der Waals surface area contributed by atoms with Gasteiger partial charge in [0.05, 0.1) is 15.7 Å². The first-order valence-electron chi connectivity index (χ1n) is 16.3. The van der Waals surface area contributed by atoms with Crippen molar-refractivity contribution in [3.8, 4) is 5.69 Å². The summed E-state index contributed by atoms with van der Waals surface area (Å²) in [7, 11) is 0. The fraction of sp³-hybridized carbons (Fsp3) is 0. The third-order valence-corrected chi connectivity index (χ3v) is 11.1. The summed E-state index contributed by atoms with van der Waals surface area (Å²) in [6.45, 7) is 0. The van der Waals surface area contributed by atoms with Crippen LogP contribution in [0.1, 0.15) is 0 Å². The van der Waals surface area contributed by atoms with Gasteiger partial charge in [0.1, 0.15) is 11.2 Å². The molecule has 3 nitrogen and oxygen atoms in total. The van der Waals surface area contributed by atoms with Crippen molar-refractivity contribution in [2.45, 2.75) is 0 Å². The van der Waals surface area contributed by atoms with Crippen molar-refractivity contribution >= 4 is 103 Å². The van der Waals surface area contributed by atoms with Gasteiger partial charge in [0.2, 0.25) is 0 Å². The summed E-state index contributed by atoms with van der Waals surface area (Å²) in [4.78, 5) is 2.34. The average Bonchev–Trinajstić information content (AvgIpc) is 3.82. The molecule has 0 N–H and O–H groups in total. The van der Waals surface area contributed by atoms with Crippen molar-refractivity contribution in [3.05, 3.63) is 158 Å². The van der Waals surface area contributed by atoms with Crippen LogP contribution in [0.2, 0.25) is 0 Å². The molecule has 3 heterocycles. The Hall–Kier alpha value is -6.10. The molecule has 0 saturated carbocycles. The van der Waals surface area contributed by atoms with E-state index in [4.69, 9.17) is 4.42 Å². The Kier molecular flexibility index (Phi) is 5.26. The van der Waals surface area contributed by atoms with E-state index in [9.17, 15) is 0 Å². The summed E-state index contributed by atoms with van der Waals surface area (Å²) in [5.41, 5.74) is 8.93. The Bertz CT molecular complexity index is 2950. The predicted octanol–water partition coefficient (Wildman–Crippen LogP) is 13.1. The van der Waals surface area contributed by atoms with Crippen molar-refractivity contribution < 1.29 is 4.42 Å². The lowest BCUT2D eigenvalue weighted by molar-refractivity contribution is 0.673. The maximum atomic E-state index is 6.56. The molecule has 0 amide bonds. The van der Waals surface area contributed by atoms with Crippen LogP contribution in [-0.4, -0.2) is 4.57 Å². The van der Waals surface area contributed by atoms with Crippen molar-refractivity contribution in [2.24, 2.45) is 0 Å². The molecule has 0 aliphatic heterocycles. The molecule has 4 heteroatoms. The number of aromatic nitrogens is 1. The number of para-hydroxylation sites is 4. The lowest BCUT2D eigenvalue weighted by atomic mass is 9.98. The first kappa shape index (κ1) is 26.0. The molecule has 0 aliphatic rings. The first-order valence-corrected chi connectivity index (χ1v) is 17.1. The molecular weight excluding hydrogens is 605 g/mol. The zero-order valence-electron chi connectivity index (χ0n) is 25.7. The van der Waals surface area contributed by atoms with E-state index in [0.29, 0.717) is 0 Å². The summed E-state index contributed by atoms with van der Waals surface area (Å²) in [5, 5.41) is 9.84. The highest BCUT2D eigenvalue weighted by Crippen LogP contribution is 2.50. The maximum absolute atomic E-state index is 6.56. The van der Waals surface area contributed by atoms with Gasteiger partial charge in [0.25, 0.3) is 0 Å². The van der Waals surface area contributed by atoms with E-state index in [1.807, 2.05) is 17.4 Å². The lowest BCUT2D eigenvalue weighted by Gasteiger charge is -2.25. The standard InChI is InChI=1S/C44H26N2OS/c1-4-12-28(13-5-1)45(29-14-6-2-7-15-29)31-21-23-33-36-24-27-20-22-34-41-37(26-35-32-18-10-11-19-38(32)47-43(34)35)46(30-16-8-3-9-17-30)42(40(27)41)44(36)48-39(33)25-31/h1-26H. The number of nitrogens with zero attached hydrogens (tertiary/aromatic N) is 2. The van der Waals surface area contributed by atoms with E-state index in [0.717, 1.165) is 50.1 Å². The number of furan rings is 1. The molecule has 0 spiro atoms. The second-order valence-electron chi connectivity index (χ2n) is 12.5. The van der Waals surface area contributed by atoms with E-state index >= 15 is 0 Å². The maximum Gasteiger partial charge on any atom is 0.143 e. The van der Waals surface area contributed by atoms with Crippen LogP contribution in [0.5, 0.6) is 0 Å². The van der Waals surface area contributed by atoms with Gasteiger partial charge in [-0.15, -0.1) is 11.3 Å². The molecule has 0 radical (unpaired) electrons. The predicted molar refractivity (Wildman–Crippen MR) is 204 cm³/mol. The lowest BCUT2D eigenvalue weighted by Crippen LogP contribution is -2.09. The molecule has 11 rings (SSSR count). The fourth-order valence-electron chi connectivity index (χ4n) is 7.86. The molecule has 0 aliphatic carbocycles. The highest BCUT2D eigenvalue weighted by atomic mass is 32.1. The molecule has 0 fully saturated rings. The highest BCUT2D eigenvalue weighted by Gasteiger charge is 2.25. The van der Waals surface area contributed by atoms with Gasteiger partial charge in [-0.05, 0) is 78.2 Å². The first-order chi connectivity index (χ1) is 23.8. The topological polar surface area (TPSA) is 21.3 Å². The molecule has 0 bridgehead atoms. The monoisotopic (exact) mass is 630 g/mol. The number of hydrogen-bond donors (Lipinski definition) is 0. The molecule has 0 saturated heterocycles. The van der Waals surface area contributed by atoms with Crippen LogP contribution in [0.4, 0.5) is 17.1 Å². The minimum absolute atomic E-state index is 0.925. The number of anilines is 3. The van der Waals surface area contributed by atoms with Gasteiger partial charge in [0, 0.05) is 65.2 Å². The van der Waals surface area contributed by atoms with Crippen LogP contribution in [0.15, 0.2) is 162 Å². The Morgan fingerprint density at radius 3 is 1.96 bits per heavy atom. The summed E-state index contributed by atoms with van der Waals surface area (Å²) in [6, 6.07) is 56.7. The molecule has 48 heavy (non-hydrogen) atoms. The van der Waals surface area contributed by atoms with Crippen molar-refractivity contribution in [3.63, 3.8) is 0 Å². The van der Waals surface area contributed by atoms with Crippen molar-refractivity contribution in [2.75, 3.05) is 4.90 Å². The van der Waals surface area contributed by atoms with E-state index in [1.165, 1.54) is 47.4 Å². The molecular formula is C44H26N2OS. The van der Waals surface area contributed by atoms with E-state index in [1.54, 1.807) is 0 Å². The van der Waals surface area contributed by atoms with Gasteiger partial charge >= 0.3 is 0 Å². The van der Waals surface area contributed by atoms with Gasteiger partial charge in [-0.3, -0.25) is 0 Å². The van der Waals surface area contributed by atoms with Gasteiger partial charge in [0.15, 0.2) is 0 Å². The minimum atomic E-state index is 0.925. The third kappa shape index (κ3) is 3.52. The van der Waals surface area contributed by atoms with Gasteiger partial charge in [-0.1, -0.05) is 84.9 Å². The van der Waals surface area contributed by atoms with Crippen LogP contribution in [0, 0.1) is 0 Å². The molecule has 224 valence electrons. The second kappa shape index (κ2) is 9.71. The highest BCUT2D eigenvalue weighted by molar-refractivity contribution is 7.26. The fourth-order valence-corrected chi connectivity index (χ4v) is 9.11. The normalized spacial score (nSPS) is 12.2. The third-order valence-electron chi connectivity index (χ3n) is 9.88. The Labute approximate surface area is 279 Å². The number of rotatable bonds is 4. The van der Waals surface area contributed by atoms with Crippen LogP contribution in [0.25, 0.3) is 80.4 Å². The summed E-state index contributed by atoms with van der Waals surface area (Å²) < 4.78 is 11.6. The smallest absolute Gasteiger partial charge is 0.143 e. The largest absolute Gasteiger partial charge is 0.455 e. The Morgan fingerprint density at radius 1 is 0.500 bits per heavy atom. The number of fused-ring (bicyclic) bond motifs is 8. The number of thiophene rings is 1. The molecule has 8 aromatic carbocycles. The summed E-state index contributed by atoms with van der Waals surface area (Å²) in [5.74, 6) is 0. The van der Waals surface area contributed by atoms with Crippen LogP contribution in [-0.2, 0) is 0 Å². The van der Waals surface area contributed by atoms with Crippen LogP contribution < -0.4 is 4.90 Å². The SMILES string of the molecule is c1ccc(N(c2ccccc2)c2ccc3c(c2)sc2c3cc3ccc4c5oc6ccccc6c5cc5c4c3c2n5-c2ccccc2)cc1. The van der Waals surface area contributed by atoms with Gasteiger partial charge in [-0.2, -0.15) is 0 Å². The van der Waals surface area contributed by atoms with Gasteiger partial charge < -0.3 is 13.9 Å². The molecule has 3 aromatic heterocycles. The molecule has 11 aromatic rings. The van der Waals surface area contributed by atoms with Crippen LogP contribution >= 0.6 is 11.3 Å². The molecule has 0 unspecified atom stereocenters. The second-order valence-corrected chi connectivity index (χ2v) is 13.6. The number of hydrogen-bond acceptors (Lipinski definition) is 3. The number of benzene rings is 8. The average molecular weight is 631 g/mol. The Morgan fingerprint density at radius 2 is 1.19 bits per heavy atom. The summed E-state index contributed by atoms with van der Waals surface area (Å²) in [6.07, 6.45) is 0. The minimum Gasteiger partial charge on any atom is -0.455 e. The quantitative estimate of drug-likeness (QED) is 0.180. The van der Waals surface area contributed by atoms with E-state index in [2.05, 4.69) is 161 Å². The zero-order valence-corrected chi connectivity index (χ0v) is 26.5. The van der Waals surface area contributed by atoms with Crippen molar-refractivity contribution in [1.82, 2.24) is 4.57 Å². The summed E-state index contributed by atoms with van der Waals surface area (Å²) >= 11 is 1.89.